The van der Waals surface area contributed by atoms with Gasteiger partial charge in [-0.1, -0.05) is 55.5 Å². The Morgan fingerprint density at radius 1 is 0.909 bits per heavy atom. The summed E-state index contributed by atoms with van der Waals surface area (Å²) in [6.07, 6.45) is 3.60. The predicted molar refractivity (Wildman–Crippen MR) is 89.2 cm³/mol. The van der Waals surface area contributed by atoms with Crippen LogP contribution in [0.3, 0.4) is 0 Å². The monoisotopic (exact) mass is 289 g/mol. The molecule has 3 aromatic rings. The average molecular weight is 289 g/mol. The second-order valence-corrected chi connectivity index (χ2v) is 5.34. The van der Waals surface area contributed by atoms with Gasteiger partial charge < -0.3 is 0 Å². The molecule has 0 aliphatic carbocycles. The van der Waals surface area contributed by atoms with Gasteiger partial charge in [-0.3, -0.25) is 9.36 Å². The summed E-state index contributed by atoms with van der Waals surface area (Å²) in [5, 5.41) is 0. The number of hydrogen-bond donors (Lipinski definition) is 0. The van der Waals surface area contributed by atoms with E-state index in [1.165, 1.54) is 11.1 Å². The van der Waals surface area contributed by atoms with Crippen molar-refractivity contribution in [3.63, 3.8) is 0 Å². The van der Waals surface area contributed by atoms with Crippen LogP contribution in [0.15, 0.2) is 72.9 Å². The van der Waals surface area contributed by atoms with Crippen LogP contribution in [-0.2, 0) is 12.8 Å². The zero-order valence-corrected chi connectivity index (χ0v) is 12.7. The number of hydrogen-bond acceptors (Lipinski definition) is 1. The molecule has 0 spiro atoms. The van der Waals surface area contributed by atoms with Crippen LogP contribution in [0.1, 0.15) is 34.1 Å². The number of nitrogens with zero attached hydrogens (tertiary/aromatic N) is 1. The SMILES string of the molecule is CCc1ccn(C(=O)c2ccccc2)c1Cc1ccccc1. The van der Waals surface area contributed by atoms with Crippen molar-refractivity contribution in [3.05, 3.63) is 95.3 Å². The molecule has 1 heterocycles. The van der Waals surface area contributed by atoms with E-state index < -0.39 is 0 Å². The van der Waals surface area contributed by atoms with E-state index in [4.69, 9.17) is 0 Å². The number of aromatic nitrogens is 1. The van der Waals surface area contributed by atoms with Crippen molar-refractivity contribution in [1.29, 1.82) is 0 Å². The largest absolute Gasteiger partial charge is 0.287 e. The van der Waals surface area contributed by atoms with Crippen molar-refractivity contribution in [1.82, 2.24) is 4.57 Å². The summed E-state index contributed by atoms with van der Waals surface area (Å²) in [6, 6.07) is 21.8. The topological polar surface area (TPSA) is 22.0 Å². The van der Waals surface area contributed by atoms with Crippen LogP contribution in [-0.4, -0.2) is 10.5 Å². The van der Waals surface area contributed by atoms with Gasteiger partial charge in [-0.2, -0.15) is 0 Å². The lowest BCUT2D eigenvalue weighted by Crippen LogP contribution is -2.15. The lowest BCUT2D eigenvalue weighted by atomic mass is 10.1. The fraction of sp³-hybridized carbons (Fsp3) is 0.150. The second-order valence-electron chi connectivity index (χ2n) is 5.34. The van der Waals surface area contributed by atoms with Crippen LogP contribution in [0.4, 0.5) is 0 Å². The Balaban J connectivity index is 1.99. The Labute approximate surface area is 131 Å². The van der Waals surface area contributed by atoms with Crippen molar-refractivity contribution >= 4 is 5.91 Å². The molecule has 0 aliphatic rings. The lowest BCUT2D eigenvalue weighted by molar-refractivity contribution is 0.0957. The standard InChI is InChI=1S/C20H19NO/c1-2-17-13-14-21(20(22)18-11-7-4-8-12-18)19(17)15-16-9-5-3-6-10-16/h3-14H,2,15H2,1H3. The molecule has 2 heteroatoms. The third-order valence-corrected chi connectivity index (χ3v) is 3.92. The van der Waals surface area contributed by atoms with Crippen LogP contribution in [0, 0.1) is 0 Å². The summed E-state index contributed by atoms with van der Waals surface area (Å²) in [4.78, 5) is 12.7. The van der Waals surface area contributed by atoms with E-state index in [1.54, 1.807) is 4.57 Å². The summed E-state index contributed by atoms with van der Waals surface area (Å²) in [7, 11) is 0. The fourth-order valence-electron chi connectivity index (χ4n) is 2.73. The highest BCUT2D eigenvalue weighted by molar-refractivity contribution is 5.96. The summed E-state index contributed by atoms with van der Waals surface area (Å²) in [5.41, 5.74) is 4.25. The van der Waals surface area contributed by atoms with Crippen molar-refractivity contribution in [2.24, 2.45) is 0 Å². The van der Waals surface area contributed by atoms with Crippen LogP contribution in [0.25, 0.3) is 0 Å². The third-order valence-electron chi connectivity index (χ3n) is 3.92. The number of carbonyl (C=O) groups is 1. The summed E-state index contributed by atoms with van der Waals surface area (Å²) >= 11 is 0. The van der Waals surface area contributed by atoms with Crippen LogP contribution in [0.2, 0.25) is 0 Å². The first-order valence-corrected chi connectivity index (χ1v) is 7.62. The number of carbonyl (C=O) groups excluding carboxylic acids is 1. The van der Waals surface area contributed by atoms with Crippen molar-refractivity contribution in [2.45, 2.75) is 19.8 Å². The normalized spacial score (nSPS) is 10.6. The molecule has 22 heavy (non-hydrogen) atoms. The molecule has 0 fully saturated rings. The van der Waals surface area contributed by atoms with Gasteiger partial charge in [0.25, 0.3) is 5.91 Å². The van der Waals surface area contributed by atoms with Gasteiger partial charge in [-0.15, -0.1) is 0 Å². The zero-order chi connectivity index (χ0) is 15.4. The smallest absolute Gasteiger partial charge is 0.262 e. The van der Waals surface area contributed by atoms with Gasteiger partial charge in [0, 0.05) is 23.9 Å². The van der Waals surface area contributed by atoms with Crippen molar-refractivity contribution in [3.8, 4) is 0 Å². The third kappa shape index (κ3) is 2.86. The van der Waals surface area contributed by atoms with Gasteiger partial charge in [0.2, 0.25) is 0 Å². The highest BCUT2D eigenvalue weighted by atomic mass is 16.2. The Hall–Kier alpha value is -2.61. The quantitative estimate of drug-likeness (QED) is 0.700. The molecule has 1 aromatic heterocycles. The fourth-order valence-corrected chi connectivity index (χ4v) is 2.73. The maximum Gasteiger partial charge on any atom is 0.262 e. The molecule has 0 N–H and O–H groups in total. The molecule has 0 radical (unpaired) electrons. The van der Waals surface area contributed by atoms with E-state index in [2.05, 4.69) is 25.1 Å². The van der Waals surface area contributed by atoms with Gasteiger partial charge in [0.1, 0.15) is 0 Å². The minimum Gasteiger partial charge on any atom is -0.287 e. The molecule has 0 saturated carbocycles. The predicted octanol–water partition coefficient (Wildman–Crippen LogP) is 4.33. The first kappa shape index (κ1) is 14.3. The highest BCUT2D eigenvalue weighted by Gasteiger charge is 2.15. The maximum absolute atomic E-state index is 12.7. The number of rotatable bonds is 4. The summed E-state index contributed by atoms with van der Waals surface area (Å²) in [5.74, 6) is 0.0335. The van der Waals surface area contributed by atoms with Gasteiger partial charge in [0.15, 0.2) is 0 Å². The number of benzene rings is 2. The number of aryl methyl sites for hydroxylation is 1. The highest BCUT2D eigenvalue weighted by Crippen LogP contribution is 2.18. The van der Waals surface area contributed by atoms with Gasteiger partial charge >= 0.3 is 0 Å². The first-order valence-electron chi connectivity index (χ1n) is 7.62. The molecule has 0 amide bonds. The Morgan fingerprint density at radius 2 is 1.55 bits per heavy atom. The molecule has 2 nitrogen and oxygen atoms in total. The summed E-state index contributed by atoms with van der Waals surface area (Å²) < 4.78 is 1.79. The maximum atomic E-state index is 12.7. The van der Waals surface area contributed by atoms with Gasteiger partial charge in [-0.05, 0) is 35.7 Å². The Morgan fingerprint density at radius 3 is 2.18 bits per heavy atom. The average Bonchev–Trinajstić information content (AvgIpc) is 2.98. The molecule has 0 aliphatic heterocycles. The van der Waals surface area contributed by atoms with Crippen molar-refractivity contribution in [2.75, 3.05) is 0 Å². The first-order chi connectivity index (χ1) is 10.8. The molecule has 3 rings (SSSR count). The van der Waals surface area contributed by atoms with E-state index in [1.807, 2.05) is 54.7 Å². The van der Waals surface area contributed by atoms with Gasteiger partial charge in [-0.25, -0.2) is 0 Å². The van der Waals surface area contributed by atoms with E-state index in [9.17, 15) is 4.79 Å². The molecule has 0 bridgehead atoms. The molecular formula is C20H19NO. The summed E-state index contributed by atoms with van der Waals surface area (Å²) in [6.45, 7) is 2.13. The van der Waals surface area contributed by atoms with Crippen molar-refractivity contribution < 1.29 is 4.79 Å². The minimum atomic E-state index is 0.0335. The molecule has 110 valence electrons. The molecule has 0 saturated heterocycles. The molecule has 0 atom stereocenters. The second kappa shape index (κ2) is 6.44. The van der Waals surface area contributed by atoms with Gasteiger partial charge in [0.05, 0.1) is 0 Å². The van der Waals surface area contributed by atoms with Crippen LogP contribution >= 0.6 is 0 Å². The Bertz CT molecular complexity index is 757. The van der Waals surface area contributed by atoms with E-state index >= 15 is 0 Å². The molecule has 2 aromatic carbocycles. The van der Waals surface area contributed by atoms with E-state index in [-0.39, 0.29) is 5.91 Å². The van der Waals surface area contributed by atoms with E-state index in [0.717, 1.165) is 24.1 Å². The zero-order valence-electron chi connectivity index (χ0n) is 12.7. The van der Waals surface area contributed by atoms with E-state index in [0.29, 0.717) is 0 Å². The van der Waals surface area contributed by atoms with Crippen LogP contribution in [0.5, 0.6) is 0 Å². The van der Waals surface area contributed by atoms with Crippen LogP contribution < -0.4 is 0 Å². The lowest BCUT2D eigenvalue weighted by Gasteiger charge is -2.10. The minimum absolute atomic E-state index is 0.0335. The Kier molecular flexibility index (Phi) is 4.19. The molecule has 0 unspecified atom stereocenters. The molecular weight excluding hydrogens is 270 g/mol.